The lowest BCUT2D eigenvalue weighted by Crippen LogP contribution is -2.26. The Bertz CT molecular complexity index is 677. The number of aromatic nitrogens is 1. The molecule has 1 aromatic heterocycles. The molecule has 0 saturated heterocycles. The molecule has 0 bridgehead atoms. The average Bonchev–Trinajstić information content (AvgIpc) is 2.54. The second kappa shape index (κ2) is 7.80. The smallest absolute Gasteiger partial charge is 0.255 e. The molecular formula is C18H24N2O2. The summed E-state index contributed by atoms with van der Waals surface area (Å²) in [5.74, 6) is 0.801. The summed E-state index contributed by atoms with van der Waals surface area (Å²) in [5.41, 5.74) is 8.16. The van der Waals surface area contributed by atoms with Gasteiger partial charge in [0, 0.05) is 24.2 Å². The van der Waals surface area contributed by atoms with Crippen LogP contribution in [0.5, 0.6) is 5.75 Å². The summed E-state index contributed by atoms with van der Waals surface area (Å²) in [6.45, 7) is 5.62. The lowest BCUT2D eigenvalue weighted by atomic mass is 10.1. The van der Waals surface area contributed by atoms with Crippen molar-refractivity contribution in [1.29, 1.82) is 0 Å². The summed E-state index contributed by atoms with van der Waals surface area (Å²) < 4.78 is 7.53. The minimum atomic E-state index is -0.000230. The Morgan fingerprint density at radius 1 is 1.14 bits per heavy atom. The van der Waals surface area contributed by atoms with E-state index in [0.717, 1.165) is 29.8 Å². The highest BCUT2D eigenvalue weighted by atomic mass is 16.5. The third kappa shape index (κ3) is 3.39. The van der Waals surface area contributed by atoms with E-state index in [0.29, 0.717) is 18.7 Å². The summed E-state index contributed by atoms with van der Waals surface area (Å²) in [4.78, 5) is 12.6. The third-order valence-electron chi connectivity index (χ3n) is 3.67. The molecule has 0 saturated carbocycles. The Balaban J connectivity index is 2.59. The van der Waals surface area contributed by atoms with E-state index in [1.807, 2.05) is 47.9 Å². The van der Waals surface area contributed by atoms with Crippen molar-refractivity contribution in [3.63, 3.8) is 0 Å². The van der Waals surface area contributed by atoms with Gasteiger partial charge in [0.05, 0.1) is 12.3 Å². The minimum Gasteiger partial charge on any atom is -0.493 e. The second-order valence-corrected chi connectivity index (χ2v) is 5.19. The van der Waals surface area contributed by atoms with E-state index in [-0.39, 0.29) is 12.1 Å². The van der Waals surface area contributed by atoms with Crippen molar-refractivity contribution in [2.45, 2.75) is 39.8 Å². The van der Waals surface area contributed by atoms with Gasteiger partial charge in [-0.1, -0.05) is 31.5 Å². The van der Waals surface area contributed by atoms with Crippen LogP contribution in [-0.4, -0.2) is 11.2 Å². The fourth-order valence-corrected chi connectivity index (χ4v) is 2.51. The number of hydrogen-bond acceptors (Lipinski definition) is 3. The summed E-state index contributed by atoms with van der Waals surface area (Å²) in [7, 11) is 0. The molecule has 2 N–H and O–H groups in total. The molecule has 0 radical (unpaired) electrons. The summed E-state index contributed by atoms with van der Waals surface area (Å²) in [6.07, 6.45) is 1.99. The normalized spacial score (nSPS) is 10.7. The van der Waals surface area contributed by atoms with E-state index in [4.69, 9.17) is 10.5 Å². The predicted molar refractivity (Wildman–Crippen MR) is 90.1 cm³/mol. The Morgan fingerprint density at radius 2 is 1.91 bits per heavy atom. The van der Waals surface area contributed by atoms with Gasteiger partial charge in [-0.3, -0.25) is 4.79 Å². The van der Waals surface area contributed by atoms with Crippen molar-refractivity contribution in [1.82, 2.24) is 4.57 Å². The molecule has 1 heterocycles. The van der Waals surface area contributed by atoms with Gasteiger partial charge in [-0.2, -0.15) is 0 Å². The standard InChI is InChI=1S/C18H24N2O2/c1-3-5-12-20-16(11-10-14(13-19)18(20)21)15-8-6-7-9-17(15)22-4-2/h6-11H,3-5,12-13,19H2,1-2H3. The van der Waals surface area contributed by atoms with Gasteiger partial charge in [0.15, 0.2) is 0 Å². The third-order valence-corrected chi connectivity index (χ3v) is 3.67. The first kappa shape index (κ1) is 16.3. The quantitative estimate of drug-likeness (QED) is 0.854. The van der Waals surface area contributed by atoms with Gasteiger partial charge in [0.1, 0.15) is 5.75 Å². The molecule has 1 aromatic carbocycles. The van der Waals surface area contributed by atoms with Crippen molar-refractivity contribution in [3.8, 4) is 17.0 Å². The molecule has 2 aromatic rings. The van der Waals surface area contributed by atoms with Crippen molar-refractivity contribution in [2.24, 2.45) is 5.73 Å². The zero-order valence-corrected chi connectivity index (χ0v) is 13.3. The number of hydrogen-bond donors (Lipinski definition) is 1. The van der Waals surface area contributed by atoms with E-state index in [2.05, 4.69) is 6.92 Å². The number of para-hydroxylation sites is 1. The van der Waals surface area contributed by atoms with Gasteiger partial charge in [-0.25, -0.2) is 0 Å². The maximum Gasteiger partial charge on any atom is 0.255 e. The highest BCUT2D eigenvalue weighted by Crippen LogP contribution is 2.29. The Hall–Kier alpha value is -2.07. The van der Waals surface area contributed by atoms with Gasteiger partial charge in [-0.15, -0.1) is 0 Å². The molecule has 2 rings (SSSR count). The van der Waals surface area contributed by atoms with Crippen molar-refractivity contribution in [2.75, 3.05) is 6.61 Å². The molecule has 22 heavy (non-hydrogen) atoms. The lowest BCUT2D eigenvalue weighted by Gasteiger charge is -2.17. The molecule has 0 spiro atoms. The summed E-state index contributed by atoms with van der Waals surface area (Å²) >= 11 is 0. The average molecular weight is 300 g/mol. The Labute approximate surface area is 131 Å². The van der Waals surface area contributed by atoms with Crippen molar-refractivity contribution in [3.05, 3.63) is 52.3 Å². The summed E-state index contributed by atoms with van der Waals surface area (Å²) in [6, 6.07) is 11.6. The maximum absolute atomic E-state index is 12.6. The number of benzene rings is 1. The predicted octanol–water partition coefficient (Wildman–Crippen LogP) is 3.17. The summed E-state index contributed by atoms with van der Waals surface area (Å²) in [5, 5.41) is 0. The molecule has 0 aliphatic heterocycles. The van der Waals surface area contributed by atoms with Crippen molar-refractivity contribution >= 4 is 0 Å². The molecule has 0 atom stereocenters. The van der Waals surface area contributed by atoms with E-state index < -0.39 is 0 Å². The molecule has 0 fully saturated rings. The zero-order chi connectivity index (χ0) is 15.9. The molecule has 0 amide bonds. The van der Waals surface area contributed by atoms with Crippen molar-refractivity contribution < 1.29 is 4.74 Å². The van der Waals surface area contributed by atoms with E-state index in [1.165, 1.54) is 0 Å². The molecule has 4 heteroatoms. The van der Waals surface area contributed by atoms with Gasteiger partial charge in [0.25, 0.3) is 5.56 Å². The maximum atomic E-state index is 12.6. The number of pyridine rings is 1. The SMILES string of the molecule is CCCCn1c(-c2ccccc2OCC)ccc(CN)c1=O. The van der Waals surface area contributed by atoms with Gasteiger partial charge < -0.3 is 15.0 Å². The van der Waals surface area contributed by atoms with Crippen LogP contribution in [0.25, 0.3) is 11.3 Å². The minimum absolute atomic E-state index is 0.000230. The van der Waals surface area contributed by atoms with Crippen LogP contribution in [0.1, 0.15) is 32.3 Å². The molecule has 0 unspecified atom stereocenters. The fourth-order valence-electron chi connectivity index (χ4n) is 2.51. The van der Waals surface area contributed by atoms with E-state index >= 15 is 0 Å². The first-order valence-corrected chi connectivity index (χ1v) is 7.87. The van der Waals surface area contributed by atoms with Crippen LogP contribution in [0.3, 0.4) is 0 Å². The van der Waals surface area contributed by atoms with Gasteiger partial charge in [0.2, 0.25) is 0 Å². The molecular weight excluding hydrogens is 276 g/mol. The highest BCUT2D eigenvalue weighted by Gasteiger charge is 2.13. The zero-order valence-electron chi connectivity index (χ0n) is 13.3. The molecule has 118 valence electrons. The highest BCUT2D eigenvalue weighted by molar-refractivity contribution is 5.67. The number of unbranched alkanes of at least 4 members (excludes halogenated alkanes) is 1. The topological polar surface area (TPSA) is 57.2 Å². The van der Waals surface area contributed by atoms with Crippen LogP contribution >= 0.6 is 0 Å². The lowest BCUT2D eigenvalue weighted by molar-refractivity contribution is 0.341. The number of nitrogens with zero attached hydrogens (tertiary/aromatic N) is 1. The first-order chi connectivity index (χ1) is 10.7. The largest absolute Gasteiger partial charge is 0.493 e. The van der Waals surface area contributed by atoms with Crippen LogP contribution < -0.4 is 16.0 Å². The fraction of sp³-hybridized carbons (Fsp3) is 0.389. The number of nitrogens with two attached hydrogens (primary N) is 1. The van der Waals surface area contributed by atoms with Crippen LogP contribution in [0.2, 0.25) is 0 Å². The van der Waals surface area contributed by atoms with Gasteiger partial charge >= 0.3 is 0 Å². The molecule has 0 aliphatic rings. The van der Waals surface area contributed by atoms with E-state index in [1.54, 1.807) is 0 Å². The van der Waals surface area contributed by atoms with Crippen LogP contribution in [0.4, 0.5) is 0 Å². The Morgan fingerprint density at radius 3 is 2.59 bits per heavy atom. The molecule has 4 nitrogen and oxygen atoms in total. The van der Waals surface area contributed by atoms with Gasteiger partial charge in [-0.05, 0) is 31.5 Å². The van der Waals surface area contributed by atoms with E-state index in [9.17, 15) is 4.79 Å². The Kier molecular flexibility index (Phi) is 5.78. The second-order valence-electron chi connectivity index (χ2n) is 5.19. The van der Waals surface area contributed by atoms with Crippen LogP contribution in [-0.2, 0) is 13.1 Å². The number of ether oxygens (including phenoxy) is 1. The van der Waals surface area contributed by atoms with Crippen LogP contribution in [0.15, 0.2) is 41.2 Å². The monoisotopic (exact) mass is 300 g/mol. The number of rotatable bonds is 7. The molecule has 0 aliphatic carbocycles. The van der Waals surface area contributed by atoms with Crippen LogP contribution in [0, 0.1) is 0 Å². The first-order valence-electron chi connectivity index (χ1n) is 7.87.